The molecule has 0 radical (unpaired) electrons. The van der Waals surface area contributed by atoms with Gasteiger partial charge in [-0.15, -0.1) is 0 Å². The third kappa shape index (κ3) is 6.78. The second-order valence-corrected chi connectivity index (χ2v) is 7.65. The van der Waals surface area contributed by atoms with Crippen molar-refractivity contribution in [1.82, 2.24) is 20.1 Å². The number of benzene rings is 1. The number of halogens is 3. The highest BCUT2D eigenvalue weighted by molar-refractivity contribution is 5.91. The number of β-amino-alcohol motifs (C(OH)–C–C–N with tert-alkyl or cyclic N) is 1. The molecule has 3 rings (SSSR count). The quantitative estimate of drug-likeness (QED) is 0.657. The van der Waals surface area contributed by atoms with Crippen molar-refractivity contribution in [1.29, 1.82) is 0 Å². The van der Waals surface area contributed by atoms with Crippen molar-refractivity contribution in [2.75, 3.05) is 32.7 Å². The number of amides is 1. The lowest BCUT2D eigenvalue weighted by atomic mass is 10.1. The van der Waals surface area contributed by atoms with Crippen molar-refractivity contribution >= 4 is 5.91 Å². The van der Waals surface area contributed by atoms with E-state index in [0.29, 0.717) is 24.5 Å². The van der Waals surface area contributed by atoms with Crippen LogP contribution >= 0.6 is 0 Å². The standard InChI is InChI=1S/C21H27F3N4O3/c1-2-17(29)12-27-6-8-28(9-7-27)13-19-26-18(14-31-19)20(30)25-11-15-4-3-5-16(10-15)21(22,23)24/h3-5,10,14,17,29H,2,6-9,11-13H2,1H3,(H,25,30)/t17-/m0/s1. The maximum Gasteiger partial charge on any atom is 0.416 e. The second-order valence-electron chi connectivity index (χ2n) is 7.65. The van der Waals surface area contributed by atoms with Crippen LogP contribution in [0.4, 0.5) is 13.2 Å². The van der Waals surface area contributed by atoms with Crippen LogP contribution < -0.4 is 5.32 Å². The summed E-state index contributed by atoms with van der Waals surface area (Å²) in [7, 11) is 0. The molecule has 10 heteroatoms. The van der Waals surface area contributed by atoms with Gasteiger partial charge in [0.1, 0.15) is 6.26 Å². The molecule has 1 saturated heterocycles. The fraction of sp³-hybridized carbons (Fsp3) is 0.524. The van der Waals surface area contributed by atoms with E-state index in [9.17, 15) is 23.1 Å². The van der Waals surface area contributed by atoms with Crippen molar-refractivity contribution in [3.63, 3.8) is 0 Å². The van der Waals surface area contributed by atoms with Gasteiger partial charge >= 0.3 is 6.18 Å². The molecule has 0 unspecified atom stereocenters. The number of hydrogen-bond donors (Lipinski definition) is 2. The summed E-state index contributed by atoms with van der Waals surface area (Å²) >= 11 is 0. The van der Waals surface area contributed by atoms with Crippen molar-refractivity contribution in [3.05, 3.63) is 53.2 Å². The van der Waals surface area contributed by atoms with Gasteiger partial charge in [0, 0.05) is 39.3 Å². The molecule has 0 spiro atoms. The van der Waals surface area contributed by atoms with Crippen LogP contribution in [-0.4, -0.2) is 64.6 Å². The topological polar surface area (TPSA) is 81.8 Å². The highest BCUT2D eigenvalue weighted by Gasteiger charge is 2.30. The van der Waals surface area contributed by atoms with Gasteiger partial charge in [-0.1, -0.05) is 19.1 Å². The van der Waals surface area contributed by atoms with Gasteiger partial charge in [0.25, 0.3) is 5.91 Å². The first kappa shape index (κ1) is 23.2. The Bertz CT molecular complexity index is 864. The largest absolute Gasteiger partial charge is 0.447 e. The maximum absolute atomic E-state index is 12.8. The summed E-state index contributed by atoms with van der Waals surface area (Å²) in [6.45, 7) is 6.31. The van der Waals surface area contributed by atoms with E-state index in [1.807, 2.05) is 6.92 Å². The number of aliphatic hydroxyl groups is 1. The Kier molecular flexibility index (Phi) is 7.69. The first-order chi connectivity index (χ1) is 14.7. The number of aromatic nitrogens is 1. The van der Waals surface area contributed by atoms with E-state index >= 15 is 0 Å². The molecule has 2 heterocycles. The average Bonchev–Trinajstić information content (AvgIpc) is 3.21. The summed E-state index contributed by atoms with van der Waals surface area (Å²) in [6, 6.07) is 4.82. The Balaban J connectivity index is 1.47. The van der Waals surface area contributed by atoms with Crippen molar-refractivity contribution < 1.29 is 27.5 Å². The molecule has 2 N–H and O–H groups in total. The molecule has 1 amide bonds. The van der Waals surface area contributed by atoms with Crippen LogP contribution in [0.3, 0.4) is 0 Å². The molecular formula is C21H27F3N4O3. The number of hydrogen-bond acceptors (Lipinski definition) is 6. The molecule has 2 aromatic rings. The van der Waals surface area contributed by atoms with E-state index in [0.717, 1.165) is 44.7 Å². The number of aliphatic hydroxyl groups excluding tert-OH is 1. The summed E-state index contributed by atoms with van der Waals surface area (Å²) < 4.78 is 43.8. The van der Waals surface area contributed by atoms with E-state index < -0.39 is 17.6 Å². The lowest BCUT2D eigenvalue weighted by Crippen LogP contribution is -2.48. The number of nitrogens with zero attached hydrogens (tertiary/aromatic N) is 3. The number of nitrogens with one attached hydrogen (secondary N) is 1. The second kappa shape index (κ2) is 10.3. The van der Waals surface area contributed by atoms with Crippen molar-refractivity contribution in [2.45, 2.75) is 38.7 Å². The van der Waals surface area contributed by atoms with E-state index in [-0.39, 0.29) is 18.3 Å². The van der Waals surface area contributed by atoms with E-state index in [1.54, 1.807) is 0 Å². The highest BCUT2D eigenvalue weighted by Crippen LogP contribution is 2.29. The minimum absolute atomic E-state index is 0.0451. The minimum atomic E-state index is -4.43. The zero-order valence-electron chi connectivity index (χ0n) is 17.4. The Morgan fingerprint density at radius 2 is 1.97 bits per heavy atom. The minimum Gasteiger partial charge on any atom is -0.447 e. The molecule has 0 aliphatic carbocycles. The Morgan fingerprint density at radius 3 is 2.65 bits per heavy atom. The van der Waals surface area contributed by atoms with Crippen LogP contribution in [0.1, 0.15) is 40.9 Å². The Labute approximate surface area is 178 Å². The van der Waals surface area contributed by atoms with E-state index in [4.69, 9.17) is 4.42 Å². The van der Waals surface area contributed by atoms with Crippen LogP contribution in [0.2, 0.25) is 0 Å². The van der Waals surface area contributed by atoms with Crippen LogP contribution in [0.5, 0.6) is 0 Å². The number of carbonyl (C=O) groups is 1. The molecule has 1 aromatic heterocycles. The normalized spacial score (nSPS) is 16.9. The molecule has 7 nitrogen and oxygen atoms in total. The van der Waals surface area contributed by atoms with Crippen LogP contribution in [0.25, 0.3) is 0 Å². The molecule has 0 bridgehead atoms. The maximum atomic E-state index is 12.8. The molecule has 1 fully saturated rings. The van der Waals surface area contributed by atoms with Gasteiger partial charge in [0.15, 0.2) is 5.69 Å². The summed E-state index contributed by atoms with van der Waals surface area (Å²) in [4.78, 5) is 20.9. The molecule has 31 heavy (non-hydrogen) atoms. The summed E-state index contributed by atoms with van der Waals surface area (Å²) in [5, 5.41) is 12.3. The predicted octanol–water partition coefficient (Wildman–Crippen LogP) is 2.51. The molecule has 1 atom stereocenters. The number of oxazole rings is 1. The number of alkyl halides is 3. The van der Waals surface area contributed by atoms with Crippen LogP contribution in [0.15, 0.2) is 34.9 Å². The molecule has 1 aliphatic rings. The van der Waals surface area contributed by atoms with E-state index in [2.05, 4.69) is 20.1 Å². The van der Waals surface area contributed by atoms with Gasteiger partial charge in [0.05, 0.1) is 18.2 Å². The number of rotatable bonds is 8. The summed E-state index contributed by atoms with van der Waals surface area (Å²) in [5.41, 5.74) is -0.322. The summed E-state index contributed by atoms with van der Waals surface area (Å²) in [5.74, 6) is -0.1000. The predicted molar refractivity (Wildman–Crippen MR) is 107 cm³/mol. The van der Waals surface area contributed by atoms with Gasteiger partial charge in [-0.2, -0.15) is 13.2 Å². The smallest absolute Gasteiger partial charge is 0.416 e. The Hall–Kier alpha value is -2.43. The molecule has 0 saturated carbocycles. The number of piperazine rings is 1. The van der Waals surface area contributed by atoms with Gasteiger partial charge < -0.3 is 14.8 Å². The molecule has 1 aliphatic heterocycles. The first-order valence-electron chi connectivity index (χ1n) is 10.3. The number of carbonyl (C=O) groups excluding carboxylic acids is 1. The fourth-order valence-corrected chi connectivity index (χ4v) is 3.37. The fourth-order valence-electron chi connectivity index (χ4n) is 3.37. The average molecular weight is 440 g/mol. The van der Waals surface area contributed by atoms with Gasteiger partial charge in [-0.05, 0) is 24.1 Å². The van der Waals surface area contributed by atoms with Crippen LogP contribution in [-0.2, 0) is 19.3 Å². The highest BCUT2D eigenvalue weighted by atomic mass is 19.4. The lowest BCUT2D eigenvalue weighted by Gasteiger charge is -2.34. The summed E-state index contributed by atoms with van der Waals surface area (Å²) in [6.07, 6.45) is -2.75. The van der Waals surface area contributed by atoms with Crippen LogP contribution in [0, 0.1) is 0 Å². The monoisotopic (exact) mass is 440 g/mol. The zero-order chi connectivity index (χ0) is 22.4. The van der Waals surface area contributed by atoms with Gasteiger partial charge in [-0.25, -0.2) is 4.98 Å². The zero-order valence-corrected chi connectivity index (χ0v) is 17.4. The lowest BCUT2D eigenvalue weighted by molar-refractivity contribution is -0.137. The van der Waals surface area contributed by atoms with Gasteiger partial charge in [-0.3, -0.25) is 14.6 Å². The molecule has 1 aromatic carbocycles. The van der Waals surface area contributed by atoms with E-state index in [1.165, 1.54) is 18.4 Å². The SMILES string of the molecule is CC[C@H](O)CN1CCN(Cc2nc(C(=O)NCc3cccc(C(F)(F)F)c3)co2)CC1. The van der Waals surface area contributed by atoms with Crippen molar-refractivity contribution in [3.8, 4) is 0 Å². The first-order valence-corrected chi connectivity index (χ1v) is 10.3. The Morgan fingerprint density at radius 1 is 1.26 bits per heavy atom. The molecular weight excluding hydrogens is 413 g/mol. The van der Waals surface area contributed by atoms with Gasteiger partial charge in [0.2, 0.25) is 5.89 Å². The van der Waals surface area contributed by atoms with Crippen molar-refractivity contribution in [2.24, 2.45) is 0 Å². The third-order valence-electron chi connectivity index (χ3n) is 5.26. The third-order valence-corrected chi connectivity index (χ3v) is 5.26. The molecule has 170 valence electrons.